The number of aromatic nitrogens is 1. The number of carbonyl (C=O) groups is 1. The SMILES string of the molecule is C#CCN(CCC)C(=O)c1ccc([N+](=O)[O-])n1C. The van der Waals surface area contributed by atoms with Crippen molar-refractivity contribution in [2.24, 2.45) is 7.05 Å². The minimum absolute atomic E-state index is 0.115. The molecule has 0 radical (unpaired) electrons. The number of amides is 1. The summed E-state index contributed by atoms with van der Waals surface area (Å²) in [6.45, 7) is 2.66. The van der Waals surface area contributed by atoms with Crippen LogP contribution in [0, 0.1) is 22.5 Å². The van der Waals surface area contributed by atoms with Crippen LogP contribution in [0.5, 0.6) is 0 Å². The Morgan fingerprint density at radius 3 is 2.72 bits per heavy atom. The molecule has 1 heterocycles. The summed E-state index contributed by atoms with van der Waals surface area (Å²) >= 11 is 0. The third kappa shape index (κ3) is 2.69. The van der Waals surface area contributed by atoms with E-state index in [9.17, 15) is 14.9 Å². The summed E-state index contributed by atoms with van der Waals surface area (Å²) in [5.74, 6) is 2.01. The molecule has 18 heavy (non-hydrogen) atoms. The standard InChI is InChI=1S/C12H15N3O3/c1-4-8-14(9-5-2)12(16)10-6-7-11(13(10)3)15(17)18/h1,6-7H,5,8-9H2,2-3H3. The van der Waals surface area contributed by atoms with E-state index < -0.39 is 4.92 Å². The fourth-order valence-corrected chi connectivity index (χ4v) is 1.69. The predicted octanol–water partition coefficient (Wildman–Crippen LogP) is 1.42. The second-order valence-corrected chi connectivity index (χ2v) is 3.82. The van der Waals surface area contributed by atoms with Crippen LogP contribution < -0.4 is 0 Å². The van der Waals surface area contributed by atoms with Crippen LogP contribution in [0.4, 0.5) is 5.82 Å². The summed E-state index contributed by atoms with van der Waals surface area (Å²) in [5, 5.41) is 10.7. The van der Waals surface area contributed by atoms with E-state index in [4.69, 9.17) is 6.42 Å². The molecule has 0 atom stereocenters. The van der Waals surface area contributed by atoms with Crippen LogP contribution in [0.2, 0.25) is 0 Å². The molecule has 0 spiro atoms. The van der Waals surface area contributed by atoms with E-state index in [0.29, 0.717) is 6.54 Å². The molecular weight excluding hydrogens is 234 g/mol. The van der Waals surface area contributed by atoms with Crippen LogP contribution >= 0.6 is 0 Å². The molecule has 0 saturated carbocycles. The first kappa shape index (κ1) is 13.8. The third-order valence-electron chi connectivity index (χ3n) is 2.56. The van der Waals surface area contributed by atoms with Gasteiger partial charge in [-0.3, -0.25) is 4.79 Å². The van der Waals surface area contributed by atoms with Gasteiger partial charge in [0.15, 0.2) is 5.69 Å². The molecule has 6 nitrogen and oxygen atoms in total. The Labute approximate surface area is 105 Å². The fraction of sp³-hybridized carbons (Fsp3) is 0.417. The number of nitrogens with zero attached hydrogens (tertiary/aromatic N) is 3. The molecule has 1 rings (SSSR count). The van der Waals surface area contributed by atoms with Gasteiger partial charge in [-0.2, -0.15) is 0 Å². The molecule has 0 unspecified atom stereocenters. The summed E-state index contributed by atoms with van der Waals surface area (Å²) in [5.41, 5.74) is 0.269. The number of carbonyl (C=O) groups excluding carboxylic acids is 1. The van der Waals surface area contributed by atoms with Gasteiger partial charge in [0.05, 0.1) is 13.6 Å². The van der Waals surface area contributed by atoms with Gasteiger partial charge >= 0.3 is 5.82 Å². The normalized spacial score (nSPS) is 9.83. The topological polar surface area (TPSA) is 68.4 Å². The zero-order valence-corrected chi connectivity index (χ0v) is 10.4. The lowest BCUT2D eigenvalue weighted by Gasteiger charge is -2.18. The molecule has 1 amide bonds. The lowest BCUT2D eigenvalue weighted by Crippen LogP contribution is -2.33. The number of terminal acetylenes is 1. The minimum Gasteiger partial charge on any atom is -0.358 e. The van der Waals surface area contributed by atoms with E-state index in [1.54, 1.807) is 0 Å². The highest BCUT2D eigenvalue weighted by Gasteiger charge is 2.24. The average molecular weight is 249 g/mol. The first-order valence-corrected chi connectivity index (χ1v) is 5.55. The molecule has 0 aromatic carbocycles. The van der Waals surface area contributed by atoms with E-state index in [-0.39, 0.29) is 24.0 Å². The zero-order chi connectivity index (χ0) is 13.7. The van der Waals surface area contributed by atoms with Gasteiger partial charge in [0.25, 0.3) is 5.91 Å². The minimum atomic E-state index is -0.526. The Kier molecular flexibility index (Phi) is 4.49. The number of rotatable bonds is 5. The first-order valence-electron chi connectivity index (χ1n) is 5.55. The third-order valence-corrected chi connectivity index (χ3v) is 2.56. The van der Waals surface area contributed by atoms with Crippen LogP contribution in [0.1, 0.15) is 23.8 Å². The molecule has 0 bridgehead atoms. The monoisotopic (exact) mass is 249 g/mol. The molecule has 1 aromatic heterocycles. The van der Waals surface area contributed by atoms with Crippen LogP contribution in [0.3, 0.4) is 0 Å². The largest absolute Gasteiger partial charge is 0.358 e. The summed E-state index contributed by atoms with van der Waals surface area (Å²) in [6.07, 6.45) is 5.99. The molecule has 0 aliphatic heterocycles. The second-order valence-electron chi connectivity index (χ2n) is 3.82. The molecule has 1 aromatic rings. The maximum Gasteiger partial charge on any atom is 0.323 e. The van der Waals surface area contributed by atoms with Gasteiger partial charge in [0.2, 0.25) is 0 Å². The van der Waals surface area contributed by atoms with Crippen molar-refractivity contribution >= 4 is 11.7 Å². The van der Waals surface area contributed by atoms with E-state index in [0.717, 1.165) is 6.42 Å². The highest BCUT2D eigenvalue weighted by Crippen LogP contribution is 2.16. The van der Waals surface area contributed by atoms with Crippen molar-refractivity contribution in [1.82, 2.24) is 9.47 Å². The van der Waals surface area contributed by atoms with Gasteiger partial charge < -0.3 is 15.0 Å². The maximum absolute atomic E-state index is 12.2. The van der Waals surface area contributed by atoms with Crippen molar-refractivity contribution in [3.05, 3.63) is 27.9 Å². The Bertz CT molecular complexity index is 499. The van der Waals surface area contributed by atoms with E-state index >= 15 is 0 Å². The summed E-state index contributed by atoms with van der Waals surface area (Å²) in [7, 11) is 1.49. The van der Waals surface area contributed by atoms with Crippen molar-refractivity contribution in [2.75, 3.05) is 13.1 Å². The molecule has 96 valence electrons. The molecule has 0 aliphatic carbocycles. The molecule has 0 fully saturated rings. The van der Waals surface area contributed by atoms with Gasteiger partial charge in [0, 0.05) is 12.6 Å². The molecule has 0 saturated heterocycles. The van der Waals surface area contributed by atoms with E-state index in [1.165, 1.54) is 28.6 Å². The summed E-state index contributed by atoms with van der Waals surface area (Å²) < 4.78 is 1.27. The maximum atomic E-state index is 12.2. The Morgan fingerprint density at radius 2 is 2.28 bits per heavy atom. The number of hydrogen-bond acceptors (Lipinski definition) is 3. The van der Waals surface area contributed by atoms with E-state index in [2.05, 4.69) is 5.92 Å². The first-order chi connectivity index (χ1) is 8.52. The van der Waals surface area contributed by atoms with Crippen LogP contribution in [-0.4, -0.2) is 33.4 Å². The van der Waals surface area contributed by atoms with Crippen LogP contribution in [0.15, 0.2) is 12.1 Å². The van der Waals surface area contributed by atoms with Gasteiger partial charge in [0.1, 0.15) is 0 Å². The van der Waals surface area contributed by atoms with Gasteiger partial charge in [-0.1, -0.05) is 12.8 Å². The lowest BCUT2D eigenvalue weighted by molar-refractivity contribution is -0.391. The molecule has 0 N–H and O–H groups in total. The zero-order valence-electron chi connectivity index (χ0n) is 10.4. The quantitative estimate of drug-likeness (QED) is 0.450. The van der Waals surface area contributed by atoms with Crippen molar-refractivity contribution in [1.29, 1.82) is 0 Å². The summed E-state index contributed by atoms with van der Waals surface area (Å²) in [6, 6.07) is 2.76. The lowest BCUT2D eigenvalue weighted by atomic mass is 10.3. The van der Waals surface area contributed by atoms with Crippen molar-refractivity contribution in [2.45, 2.75) is 13.3 Å². The highest BCUT2D eigenvalue weighted by molar-refractivity contribution is 5.93. The Hall–Kier alpha value is -2.29. The molecule has 6 heteroatoms. The molecule has 0 aliphatic rings. The fourth-order valence-electron chi connectivity index (χ4n) is 1.69. The smallest absolute Gasteiger partial charge is 0.323 e. The van der Waals surface area contributed by atoms with Crippen LogP contribution in [-0.2, 0) is 7.05 Å². The van der Waals surface area contributed by atoms with Gasteiger partial charge in [-0.05, 0) is 17.4 Å². The van der Waals surface area contributed by atoms with Crippen molar-refractivity contribution < 1.29 is 9.72 Å². The van der Waals surface area contributed by atoms with Crippen molar-refractivity contribution in [3.63, 3.8) is 0 Å². The number of nitro groups is 1. The second kappa shape index (κ2) is 5.87. The predicted molar refractivity (Wildman–Crippen MR) is 67.1 cm³/mol. The van der Waals surface area contributed by atoms with E-state index in [1.807, 2.05) is 6.92 Å². The Balaban J connectivity index is 3.02. The van der Waals surface area contributed by atoms with Crippen LogP contribution in [0.25, 0.3) is 0 Å². The number of hydrogen-bond donors (Lipinski definition) is 0. The highest BCUT2D eigenvalue weighted by atomic mass is 16.6. The molecular formula is C12H15N3O3. The van der Waals surface area contributed by atoms with Crippen molar-refractivity contribution in [3.8, 4) is 12.3 Å². The average Bonchev–Trinajstić information content (AvgIpc) is 2.70. The van der Waals surface area contributed by atoms with Gasteiger partial charge in [-0.25, -0.2) is 4.57 Å². The Morgan fingerprint density at radius 1 is 1.61 bits per heavy atom. The summed E-state index contributed by atoms with van der Waals surface area (Å²) in [4.78, 5) is 23.8. The van der Waals surface area contributed by atoms with Gasteiger partial charge in [-0.15, -0.1) is 6.42 Å².